The van der Waals surface area contributed by atoms with Crippen LogP contribution < -0.4 is 0 Å². The van der Waals surface area contributed by atoms with E-state index in [4.69, 9.17) is 14.2 Å². The minimum atomic E-state index is -2.24. The molecule has 0 unspecified atom stereocenters. The number of hydrogen-bond donors (Lipinski definition) is 18. The summed E-state index contributed by atoms with van der Waals surface area (Å²) in [6, 6.07) is 1.07. The maximum atomic E-state index is 14.0. The minimum absolute atomic E-state index is 0.0371. The van der Waals surface area contributed by atoms with Crippen molar-refractivity contribution in [2.45, 2.75) is 311 Å². The fraction of sp³-hybridized carbons (Fsp3) is 0.687. The lowest BCUT2D eigenvalue weighted by atomic mass is 9.78. The molecule has 0 saturated carbocycles. The lowest BCUT2D eigenvalue weighted by Crippen LogP contribution is -2.55. The number of ether oxygens (including phenoxy) is 3. The van der Waals surface area contributed by atoms with Crippen LogP contribution in [0.4, 0.5) is 0 Å². The molecule has 0 amide bonds. The largest absolute Gasteiger partial charge is 0.507 e. The van der Waals surface area contributed by atoms with E-state index < -0.39 is 151 Å². The van der Waals surface area contributed by atoms with E-state index in [1.165, 1.54) is 31.0 Å². The van der Waals surface area contributed by atoms with E-state index in [1.54, 1.807) is 133 Å². The number of ketones is 1. The van der Waals surface area contributed by atoms with E-state index in [9.17, 15) is 102 Å². The highest BCUT2D eigenvalue weighted by Crippen LogP contribution is 2.47. The Hall–Kier alpha value is -4.91. The number of carbonyl (C=O) groups excluding carboxylic acids is 2. The molecule has 2 bridgehead atoms. The van der Waals surface area contributed by atoms with Crippen LogP contribution in [0, 0.1) is 41.4 Å². The second-order valence-electron chi connectivity index (χ2n) is 30.6. The van der Waals surface area contributed by atoms with Gasteiger partial charge in [-0.3, -0.25) is 9.59 Å². The average Bonchev–Trinajstić information content (AvgIpc) is 0.790. The molecule has 1 aromatic carbocycles. The van der Waals surface area contributed by atoms with Crippen LogP contribution in [-0.4, -0.2) is 220 Å². The number of methoxy groups -OCH3 is 1. The van der Waals surface area contributed by atoms with E-state index in [2.05, 4.69) is 6.92 Å². The number of hydrogen-bond acceptors (Lipinski definition) is 24. The summed E-state index contributed by atoms with van der Waals surface area (Å²) < 4.78 is 17.9. The quantitative estimate of drug-likeness (QED) is 0.0360. The molecule has 3 rings (SSSR count). The lowest BCUT2D eigenvalue weighted by Gasteiger charge is -2.46. The number of carbonyl (C=O) groups is 2. The average molecular weight is 1530 g/mol. The Balaban J connectivity index is 1.80. The number of phenolic OH excluding ortho intramolecular Hbond substituents is 3. The van der Waals surface area contributed by atoms with Gasteiger partial charge in [-0.05, 0) is 126 Å². The van der Waals surface area contributed by atoms with Crippen molar-refractivity contribution in [3.8, 4) is 17.2 Å². The fourth-order valence-electron chi connectivity index (χ4n) is 13.7. The molecule has 2 aliphatic heterocycles. The van der Waals surface area contributed by atoms with Gasteiger partial charge in [0.1, 0.15) is 17.6 Å². The van der Waals surface area contributed by atoms with E-state index >= 15 is 0 Å². The van der Waals surface area contributed by atoms with Crippen LogP contribution in [0.1, 0.15) is 208 Å². The van der Waals surface area contributed by atoms with Gasteiger partial charge < -0.3 is 106 Å². The number of Topliss-reactive ketones (excluding diaryl/α,β-unsaturated/α-hetero) is 1. The molecule has 1 aromatic rings. The number of phenols is 3. The van der Waals surface area contributed by atoms with E-state index in [0.717, 1.165) is 18.9 Å². The molecule has 23 nitrogen and oxygen atoms in total. The number of esters is 1. The number of benzene rings is 1. The van der Waals surface area contributed by atoms with Crippen LogP contribution in [-0.2, 0) is 23.8 Å². The summed E-state index contributed by atoms with van der Waals surface area (Å²) in [5.41, 5.74) is 0.756. The van der Waals surface area contributed by atoms with Crippen molar-refractivity contribution in [3.63, 3.8) is 0 Å². The highest BCUT2D eigenvalue weighted by molar-refractivity contribution is 7.98. The molecule has 0 spiro atoms. The third-order valence-corrected chi connectivity index (χ3v) is 21.6. The summed E-state index contributed by atoms with van der Waals surface area (Å²) in [6.45, 7) is 14.3. The Labute approximate surface area is 639 Å². The normalized spacial score (nSPS) is 35.6. The van der Waals surface area contributed by atoms with Gasteiger partial charge >= 0.3 is 5.97 Å². The van der Waals surface area contributed by atoms with Gasteiger partial charge in [-0.1, -0.05) is 165 Å². The summed E-state index contributed by atoms with van der Waals surface area (Å²) in [5.74, 6) is -7.35. The van der Waals surface area contributed by atoms with Crippen molar-refractivity contribution in [3.05, 3.63) is 120 Å². The third kappa shape index (κ3) is 37.3. The number of aromatic hydroxyl groups is 3. The van der Waals surface area contributed by atoms with Gasteiger partial charge in [-0.25, -0.2) is 0 Å². The molecular formula is C83H134O23S. The number of aliphatic hydroxyl groups excluding tert-OH is 14. The van der Waals surface area contributed by atoms with Crippen LogP contribution in [0.5, 0.6) is 17.2 Å². The molecule has 0 aliphatic carbocycles. The molecule has 18 N–H and O–H groups in total. The molecule has 1 saturated heterocycles. The maximum absolute atomic E-state index is 14.0. The van der Waals surface area contributed by atoms with Gasteiger partial charge in [-0.15, -0.1) is 11.8 Å². The van der Waals surface area contributed by atoms with Gasteiger partial charge in [0.05, 0.1) is 109 Å². The molecule has 1 fully saturated rings. The fourth-order valence-corrected chi connectivity index (χ4v) is 14.5. The molecule has 0 radical (unpaired) electrons. The first kappa shape index (κ1) is 96.3. The number of thioether (sulfide) groups is 1. The molecular weight excluding hydrogens is 1400 g/mol. The second-order valence-corrected chi connectivity index (χ2v) is 31.5. The first-order valence-electron chi connectivity index (χ1n) is 38.5. The summed E-state index contributed by atoms with van der Waals surface area (Å²) in [7, 11) is 1.47. The first-order chi connectivity index (χ1) is 50.5. The third-order valence-electron chi connectivity index (χ3n) is 20.8. The summed E-state index contributed by atoms with van der Waals surface area (Å²) in [5, 5.41) is 197. The van der Waals surface area contributed by atoms with Gasteiger partial charge in [0.15, 0.2) is 17.3 Å². The van der Waals surface area contributed by atoms with Crippen molar-refractivity contribution in [2.75, 3.05) is 13.4 Å². The van der Waals surface area contributed by atoms with E-state index in [-0.39, 0.29) is 111 Å². The second kappa shape index (κ2) is 50.9. The highest BCUT2D eigenvalue weighted by Gasteiger charge is 2.49. The monoisotopic (exact) mass is 1530 g/mol. The Morgan fingerprint density at radius 2 is 1.20 bits per heavy atom. The topological polar surface area (TPSA) is 426 Å². The van der Waals surface area contributed by atoms with Crippen LogP contribution >= 0.6 is 11.8 Å². The van der Waals surface area contributed by atoms with Crippen LogP contribution in [0.25, 0.3) is 0 Å². The van der Waals surface area contributed by atoms with Crippen molar-refractivity contribution >= 4 is 23.5 Å². The molecule has 24 heteroatoms. The zero-order valence-corrected chi connectivity index (χ0v) is 65.6. The summed E-state index contributed by atoms with van der Waals surface area (Å²) in [4.78, 5) is 26.9. The smallest absolute Gasteiger partial charge is 0.311 e. The van der Waals surface area contributed by atoms with E-state index in [0.29, 0.717) is 61.8 Å². The van der Waals surface area contributed by atoms with Crippen LogP contribution in [0.3, 0.4) is 0 Å². The molecule has 107 heavy (non-hydrogen) atoms. The standard InChI is InChI=1S/C83H134O23S/c1-51-24-19-21-32-63(88)44-68(93)46-69(33-22-20-25-52(2)35-39-75(104-9)77-80(102)72(96)48-73(97)82(77)107-10)105-76(99)50-83(103)49-74(98)57(7)81(106-83)58(8)79(101)55(5)27-23-26-54(4)78(100)56(6)71(95)47-70(94)53(3)36-38-65(90)45-67(92)43-62(87)31-18-14-17-30-61(86)42-66(91)41-60(85)29-16-13-11-12-15-28-59(84)40-64(89)37-34-51/h11-18,20,22-23,25-27,29,31,33,48,51-53,55-65,67-71,74-75,78-79,81,84-90,92-98,100-103H,19,21,24,28,30,32,34-47,49-50H2,1-10H3/b13-11?,15-12?,17-14?,25-20+,27-23?,29-16?,31-18?,33-22+,54-26?/t51-,52+,53+,55-,56+,57+,58-,59-,60-,61-,62+,63-,64-,65+,67+,68-,69+,70+,71-,74+,75-,78+,79+,81+,83-/m1/s1. The minimum Gasteiger partial charge on any atom is -0.507 e. The van der Waals surface area contributed by atoms with Gasteiger partial charge in [0.2, 0.25) is 0 Å². The Kier molecular flexibility index (Phi) is 45.8. The zero-order chi connectivity index (χ0) is 80.1. The number of rotatable bonds is 9. The van der Waals surface area contributed by atoms with Gasteiger partial charge in [0, 0.05) is 74.5 Å². The maximum Gasteiger partial charge on any atom is 0.311 e. The molecule has 0 aromatic heterocycles. The van der Waals surface area contributed by atoms with Crippen molar-refractivity contribution in [2.24, 2.45) is 41.4 Å². The first-order valence-corrected chi connectivity index (χ1v) is 39.7. The van der Waals surface area contributed by atoms with Crippen LogP contribution in [0.2, 0.25) is 0 Å². The van der Waals surface area contributed by atoms with Crippen molar-refractivity contribution in [1.82, 2.24) is 0 Å². The SMILES string of the molecule is CO[C@H](CC[C@@H](C)/C=C/C=C/[C@H]1C[C@H](O)C[C@H](O)CCCC[C@@H](C)CC[C@@H](O)C[C@H](O)CC=CC=CC=C[C@@H](O)CC(=O)C[C@H](O)CC=CC=C[C@H](O)C[C@H](O)C[C@@H](O)CC[C@H](C)[C@@H](O)C[C@@H](O)[C@H](C)[C@@H](O)C(C)=CC=C[C@@H](C)[C@H](O)[C@@H](C)[C@H]2O[C@@](O)(CC(=O)O1)C[C@H](O)[C@@H]2C)c1c(O)c(O)cc(O)c1SC. The van der Waals surface area contributed by atoms with Gasteiger partial charge in [0.25, 0.3) is 0 Å². The molecule has 2 aliphatic rings. The van der Waals surface area contributed by atoms with E-state index in [1.807, 2.05) is 13.0 Å². The molecule has 610 valence electrons. The number of fused-ring (bicyclic) bond motifs is 2. The Morgan fingerprint density at radius 3 is 1.87 bits per heavy atom. The zero-order valence-electron chi connectivity index (χ0n) is 64.8. The predicted molar refractivity (Wildman–Crippen MR) is 414 cm³/mol. The highest BCUT2D eigenvalue weighted by atomic mass is 32.2. The van der Waals surface area contributed by atoms with Crippen molar-refractivity contribution < 1.29 is 116 Å². The molecule has 2 heterocycles. The molecule has 25 atom stereocenters. The predicted octanol–water partition coefficient (Wildman–Crippen LogP) is 9.28. The van der Waals surface area contributed by atoms with Crippen LogP contribution in [0.15, 0.2) is 120 Å². The summed E-state index contributed by atoms with van der Waals surface area (Å²) >= 11 is 1.20. The lowest BCUT2D eigenvalue weighted by molar-refractivity contribution is -0.302. The Bertz CT molecular complexity index is 2980. The van der Waals surface area contributed by atoms with Gasteiger partial charge in [-0.2, -0.15) is 0 Å². The number of aliphatic hydroxyl groups is 15. The number of allylic oxidation sites excluding steroid dienone is 11. The number of cyclic esters (lactones) is 1. The van der Waals surface area contributed by atoms with Crippen molar-refractivity contribution in [1.29, 1.82) is 0 Å². The summed E-state index contributed by atoms with van der Waals surface area (Å²) in [6.07, 6.45) is 16.8. The Morgan fingerprint density at radius 1 is 0.598 bits per heavy atom.